The number of anilines is 2. The van der Waals surface area contributed by atoms with Gasteiger partial charge in [0.25, 0.3) is 0 Å². The molecule has 0 unspecified atom stereocenters. The van der Waals surface area contributed by atoms with E-state index >= 15 is 0 Å². The maximum atomic E-state index is 12.3. The number of ether oxygens (including phenoxy) is 3. The summed E-state index contributed by atoms with van der Waals surface area (Å²) in [6.45, 7) is 2.70. The Bertz CT molecular complexity index is 1290. The first-order valence-corrected chi connectivity index (χ1v) is 11.3. The molecule has 4 rings (SSSR count). The van der Waals surface area contributed by atoms with Gasteiger partial charge in [-0.1, -0.05) is 25.1 Å². The van der Waals surface area contributed by atoms with Crippen LogP contribution in [-0.2, 0) is 11.2 Å². The molecule has 35 heavy (non-hydrogen) atoms. The third-order valence-corrected chi connectivity index (χ3v) is 5.55. The Hall–Kier alpha value is -4.27. The lowest BCUT2D eigenvalue weighted by Crippen LogP contribution is -2.25. The lowest BCUT2D eigenvalue weighted by molar-refractivity contribution is -0.120. The zero-order valence-corrected chi connectivity index (χ0v) is 20.3. The molecule has 0 aliphatic rings. The predicted molar refractivity (Wildman–Crippen MR) is 135 cm³/mol. The molecule has 0 spiro atoms. The maximum Gasteiger partial charge on any atom is 0.224 e. The molecule has 9 nitrogen and oxygen atoms in total. The van der Waals surface area contributed by atoms with E-state index in [2.05, 4.69) is 20.8 Å². The quantitative estimate of drug-likeness (QED) is 0.354. The van der Waals surface area contributed by atoms with E-state index in [1.165, 1.54) is 0 Å². The zero-order valence-electron chi connectivity index (χ0n) is 20.3. The van der Waals surface area contributed by atoms with Gasteiger partial charge in [-0.2, -0.15) is 0 Å². The van der Waals surface area contributed by atoms with Crippen LogP contribution in [0.3, 0.4) is 0 Å². The Morgan fingerprint density at radius 1 is 0.971 bits per heavy atom. The van der Waals surface area contributed by atoms with E-state index in [9.17, 15) is 4.79 Å². The summed E-state index contributed by atoms with van der Waals surface area (Å²) < 4.78 is 18.2. The van der Waals surface area contributed by atoms with Gasteiger partial charge in [-0.25, -0.2) is 0 Å². The highest BCUT2D eigenvalue weighted by atomic mass is 16.5. The highest BCUT2D eigenvalue weighted by Crippen LogP contribution is 2.40. The molecule has 2 aromatic carbocycles. The number of nitrogens with one attached hydrogen (secondary N) is 2. The fourth-order valence-corrected chi connectivity index (χ4v) is 3.90. The summed E-state index contributed by atoms with van der Waals surface area (Å²) in [5.74, 6) is 2.79. The van der Waals surface area contributed by atoms with Crippen molar-refractivity contribution in [3.63, 3.8) is 0 Å². The lowest BCUT2D eigenvalue weighted by atomic mass is 10.1. The topological polar surface area (TPSA) is 99.5 Å². The molecule has 0 bridgehead atoms. The van der Waals surface area contributed by atoms with Crippen LogP contribution in [0.2, 0.25) is 0 Å². The first-order chi connectivity index (χ1) is 17.1. The molecule has 9 heteroatoms. The average molecular weight is 476 g/mol. The summed E-state index contributed by atoms with van der Waals surface area (Å²) >= 11 is 0. The van der Waals surface area contributed by atoms with E-state index in [1.54, 1.807) is 33.5 Å². The second-order valence-corrected chi connectivity index (χ2v) is 7.88. The molecule has 0 radical (unpaired) electrons. The van der Waals surface area contributed by atoms with Crippen molar-refractivity contribution < 1.29 is 19.0 Å². The molecular weight excluding hydrogens is 446 g/mol. The van der Waals surface area contributed by atoms with Gasteiger partial charge in [-0.05, 0) is 30.2 Å². The molecule has 1 amide bonds. The monoisotopic (exact) mass is 475 g/mol. The average Bonchev–Trinajstić information content (AvgIpc) is 3.25. The van der Waals surface area contributed by atoms with Gasteiger partial charge in [0.2, 0.25) is 11.7 Å². The zero-order chi connectivity index (χ0) is 24.8. The first-order valence-electron chi connectivity index (χ1n) is 11.3. The van der Waals surface area contributed by atoms with Gasteiger partial charge in [0.1, 0.15) is 0 Å². The van der Waals surface area contributed by atoms with E-state index < -0.39 is 0 Å². The minimum absolute atomic E-state index is 0.00531. The SMILES string of the molecule is CCCNC(=O)Cc1cn(-c2ccc(Nc3cc(OC)c(OC)c(OC)c3)nn2)c2ccccc12. The largest absolute Gasteiger partial charge is 0.493 e. The molecule has 182 valence electrons. The van der Waals surface area contributed by atoms with Crippen LogP contribution in [0.5, 0.6) is 17.2 Å². The van der Waals surface area contributed by atoms with Crippen molar-refractivity contribution in [3.05, 3.63) is 60.3 Å². The number of carbonyl (C=O) groups excluding carboxylic acids is 1. The maximum absolute atomic E-state index is 12.3. The van der Waals surface area contributed by atoms with Crippen molar-refractivity contribution in [1.29, 1.82) is 0 Å². The van der Waals surface area contributed by atoms with Gasteiger partial charge in [0, 0.05) is 35.9 Å². The molecule has 0 aliphatic carbocycles. The Kier molecular flexibility index (Phi) is 7.35. The van der Waals surface area contributed by atoms with Gasteiger partial charge < -0.3 is 24.8 Å². The van der Waals surface area contributed by atoms with Crippen LogP contribution in [0.15, 0.2) is 54.7 Å². The number of aromatic nitrogens is 3. The minimum Gasteiger partial charge on any atom is -0.493 e. The number of para-hydroxylation sites is 1. The van der Waals surface area contributed by atoms with Crippen molar-refractivity contribution in [1.82, 2.24) is 20.1 Å². The van der Waals surface area contributed by atoms with E-state index in [-0.39, 0.29) is 5.91 Å². The number of hydrogen-bond acceptors (Lipinski definition) is 7. The third-order valence-electron chi connectivity index (χ3n) is 5.55. The van der Waals surface area contributed by atoms with Crippen LogP contribution < -0.4 is 24.8 Å². The number of rotatable bonds is 10. The van der Waals surface area contributed by atoms with Gasteiger partial charge in [-0.3, -0.25) is 9.36 Å². The van der Waals surface area contributed by atoms with Gasteiger partial charge in [0.05, 0.1) is 33.3 Å². The Labute approximate surface area is 204 Å². The van der Waals surface area contributed by atoms with Crippen LogP contribution in [-0.4, -0.2) is 48.5 Å². The van der Waals surface area contributed by atoms with Crippen molar-refractivity contribution in [2.75, 3.05) is 33.2 Å². The molecular formula is C26H29N5O4. The van der Waals surface area contributed by atoms with Crippen molar-refractivity contribution in [2.24, 2.45) is 0 Å². The van der Waals surface area contributed by atoms with E-state index in [0.717, 1.165) is 22.9 Å². The Morgan fingerprint density at radius 2 is 1.71 bits per heavy atom. The number of nitrogens with zero attached hydrogens (tertiary/aromatic N) is 3. The molecule has 4 aromatic rings. The molecule has 0 saturated carbocycles. The molecule has 0 saturated heterocycles. The smallest absolute Gasteiger partial charge is 0.224 e. The fraction of sp³-hybridized carbons (Fsp3) is 0.269. The van der Waals surface area contributed by atoms with E-state index in [4.69, 9.17) is 14.2 Å². The summed E-state index contributed by atoms with van der Waals surface area (Å²) in [4.78, 5) is 12.3. The Balaban J connectivity index is 1.60. The molecule has 0 fully saturated rings. The second kappa shape index (κ2) is 10.8. The first kappa shape index (κ1) is 23.9. The highest BCUT2D eigenvalue weighted by molar-refractivity contribution is 5.90. The summed E-state index contributed by atoms with van der Waals surface area (Å²) in [7, 11) is 4.70. The molecule has 0 aliphatic heterocycles. The minimum atomic E-state index is 0.00531. The summed E-state index contributed by atoms with van der Waals surface area (Å²) in [6, 6.07) is 15.3. The number of fused-ring (bicyclic) bond motifs is 1. The second-order valence-electron chi connectivity index (χ2n) is 7.88. The highest BCUT2D eigenvalue weighted by Gasteiger charge is 2.15. The lowest BCUT2D eigenvalue weighted by Gasteiger charge is -2.14. The van der Waals surface area contributed by atoms with Crippen molar-refractivity contribution in [2.45, 2.75) is 19.8 Å². The molecule has 2 N–H and O–H groups in total. The standard InChI is InChI=1S/C26H29N5O4/c1-5-12-27-25(32)13-17-16-31(20-9-7-6-8-19(17)20)24-11-10-23(29-30-24)28-18-14-21(33-2)26(35-4)22(15-18)34-3/h6-11,14-16H,5,12-13H2,1-4H3,(H,27,32)(H,28,29). The normalized spacial score (nSPS) is 10.7. The van der Waals surface area contributed by atoms with Crippen LogP contribution in [0.1, 0.15) is 18.9 Å². The number of amides is 1. The van der Waals surface area contributed by atoms with E-state index in [1.807, 2.05) is 54.1 Å². The van der Waals surface area contributed by atoms with Crippen LogP contribution in [0.25, 0.3) is 16.7 Å². The molecule has 2 aromatic heterocycles. The van der Waals surface area contributed by atoms with E-state index in [0.29, 0.717) is 47.5 Å². The summed E-state index contributed by atoms with van der Waals surface area (Å²) in [5, 5.41) is 15.9. The fourth-order valence-electron chi connectivity index (χ4n) is 3.90. The van der Waals surface area contributed by atoms with Crippen LogP contribution >= 0.6 is 0 Å². The van der Waals surface area contributed by atoms with Crippen molar-refractivity contribution in [3.8, 4) is 23.1 Å². The van der Waals surface area contributed by atoms with Crippen LogP contribution in [0, 0.1) is 0 Å². The summed E-state index contributed by atoms with van der Waals surface area (Å²) in [5.41, 5.74) is 2.62. The number of methoxy groups -OCH3 is 3. The molecule has 0 atom stereocenters. The summed E-state index contributed by atoms with van der Waals surface area (Å²) in [6.07, 6.45) is 3.16. The van der Waals surface area contributed by atoms with Crippen LogP contribution in [0.4, 0.5) is 11.5 Å². The predicted octanol–water partition coefficient (Wildman–Crippen LogP) is 4.26. The van der Waals surface area contributed by atoms with Crippen molar-refractivity contribution >= 4 is 28.3 Å². The number of hydrogen-bond donors (Lipinski definition) is 2. The number of benzene rings is 2. The van der Waals surface area contributed by atoms with Gasteiger partial charge in [-0.15, -0.1) is 10.2 Å². The molecule has 2 heterocycles. The van der Waals surface area contributed by atoms with Gasteiger partial charge >= 0.3 is 0 Å². The Morgan fingerprint density at radius 3 is 2.34 bits per heavy atom. The number of carbonyl (C=O) groups is 1. The van der Waals surface area contributed by atoms with Gasteiger partial charge in [0.15, 0.2) is 23.1 Å². The third kappa shape index (κ3) is 5.13.